The van der Waals surface area contributed by atoms with Gasteiger partial charge >= 0.3 is 0 Å². The zero-order valence-corrected chi connectivity index (χ0v) is 12.9. The zero-order valence-electron chi connectivity index (χ0n) is 12.9. The van der Waals surface area contributed by atoms with Crippen molar-refractivity contribution in [3.8, 4) is 0 Å². The summed E-state index contributed by atoms with van der Waals surface area (Å²) < 4.78 is 0. The Morgan fingerprint density at radius 3 is 2.90 bits per heavy atom. The van der Waals surface area contributed by atoms with Crippen molar-refractivity contribution in [2.45, 2.75) is 58.8 Å². The van der Waals surface area contributed by atoms with Gasteiger partial charge in [-0.3, -0.25) is 0 Å². The summed E-state index contributed by atoms with van der Waals surface area (Å²) in [4.78, 5) is 0. The Kier molecular flexibility index (Phi) is 2.78. The highest BCUT2D eigenvalue weighted by Crippen LogP contribution is 2.60. The summed E-state index contributed by atoms with van der Waals surface area (Å²) in [7, 11) is 0. The fourth-order valence-corrected chi connectivity index (χ4v) is 5.99. The van der Waals surface area contributed by atoms with Crippen molar-refractivity contribution in [3.63, 3.8) is 0 Å². The number of nitrogens with one attached hydrogen (secondary N) is 1. The van der Waals surface area contributed by atoms with Crippen LogP contribution in [0.3, 0.4) is 0 Å². The summed E-state index contributed by atoms with van der Waals surface area (Å²) in [5, 5.41) is 7.98. The van der Waals surface area contributed by atoms with Gasteiger partial charge in [0.15, 0.2) is 0 Å². The van der Waals surface area contributed by atoms with Crippen LogP contribution in [0.25, 0.3) is 0 Å². The monoisotopic (exact) mass is 269 g/mol. The molecule has 2 fully saturated rings. The van der Waals surface area contributed by atoms with Crippen molar-refractivity contribution >= 4 is 5.71 Å². The third kappa shape index (κ3) is 1.71. The van der Waals surface area contributed by atoms with Crippen molar-refractivity contribution in [3.05, 3.63) is 23.3 Å². The van der Waals surface area contributed by atoms with Gasteiger partial charge in [-0.1, -0.05) is 25.0 Å². The third-order valence-electron chi connectivity index (χ3n) is 7.03. The van der Waals surface area contributed by atoms with E-state index in [4.69, 9.17) is 5.41 Å². The SMILES string of the molecule is CC1=CC2C(CCC3(C)CCCC23)C2CCC(=N)C=C12. The predicted octanol–water partition coefficient (Wildman–Crippen LogP) is 5.14. The minimum atomic E-state index is 0.639. The highest BCUT2D eigenvalue weighted by molar-refractivity contribution is 5.94. The molecule has 2 saturated carbocycles. The van der Waals surface area contributed by atoms with Gasteiger partial charge in [0, 0.05) is 5.71 Å². The van der Waals surface area contributed by atoms with Gasteiger partial charge in [-0.15, -0.1) is 0 Å². The number of rotatable bonds is 0. The summed E-state index contributed by atoms with van der Waals surface area (Å²) >= 11 is 0. The first-order valence-electron chi connectivity index (χ1n) is 8.56. The molecule has 20 heavy (non-hydrogen) atoms. The first-order valence-corrected chi connectivity index (χ1v) is 8.56. The molecule has 0 saturated heterocycles. The molecular weight excluding hydrogens is 242 g/mol. The normalized spacial score (nSPS) is 47.0. The maximum Gasteiger partial charge on any atom is 0.0317 e. The standard InChI is InChI=1S/C19H27N/c1-12-10-17-15(14-6-5-13(20)11-16(12)14)7-9-19(2)8-3-4-18(17)19/h10-11,14-15,17-18,20H,3-9H2,1-2H3. The largest absolute Gasteiger partial charge is 0.305 e. The van der Waals surface area contributed by atoms with E-state index >= 15 is 0 Å². The van der Waals surface area contributed by atoms with Crippen LogP contribution in [-0.2, 0) is 0 Å². The quantitative estimate of drug-likeness (QED) is 0.630. The average molecular weight is 269 g/mol. The summed E-state index contributed by atoms with van der Waals surface area (Å²) in [6, 6.07) is 0. The lowest BCUT2D eigenvalue weighted by Gasteiger charge is -2.51. The minimum absolute atomic E-state index is 0.639. The molecule has 5 unspecified atom stereocenters. The van der Waals surface area contributed by atoms with Gasteiger partial charge in [-0.05, 0) is 86.2 Å². The van der Waals surface area contributed by atoms with E-state index in [-0.39, 0.29) is 0 Å². The molecule has 1 N–H and O–H groups in total. The van der Waals surface area contributed by atoms with Gasteiger partial charge in [-0.25, -0.2) is 0 Å². The maximum absolute atomic E-state index is 7.98. The number of hydrogen-bond donors (Lipinski definition) is 1. The Balaban J connectivity index is 1.75. The summed E-state index contributed by atoms with van der Waals surface area (Å²) in [5.41, 5.74) is 4.51. The number of fused-ring (bicyclic) bond motifs is 5. The van der Waals surface area contributed by atoms with E-state index in [1.165, 1.54) is 49.7 Å². The van der Waals surface area contributed by atoms with Crippen LogP contribution in [0.5, 0.6) is 0 Å². The van der Waals surface area contributed by atoms with Crippen LogP contribution in [0.15, 0.2) is 23.3 Å². The third-order valence-corrected chi connectivity index (χ3v) is 7.03. The summed E-state index contributed by atoms with van der Waals surface area (Å²) in [6.45, 7) is 4.86. The molecule has 1 heteroatoms. The van der Waals surface area contributed by atoms with Gasteiger partial charge < -0.3 is 5.41 Å². The van der Waals surface area contributed by atoms with Crippen LogP contribution in [0.1, 0.15) is 58.8 Å². The Hall–Kier alpha value is -0.850. The van der Waals surface area contributed by atoms with Crippen LogP contribution >= 0.6 is 0 Å². The second-order valence-electron chi connectivity index (χ2n) is 8.05. The molecule has 0 aliphatic heterocycles. The molecule has 4 aliphatic carbocycles. The second kappa shape index (κ2) is 4.32. The molecule has 0 bridgehead atoms. The molecule has 108 valence electrons. The Morgan fingerprint density at radius 1 is 1.20 bits per heavy atom. The average Bonchev–Trinajstić information content (AvgIpc) is 2.81. The predicted molar refractivity (Wildman–Crippen MR) is 84.0 cm³/mol. The van der Waals surface area contributed by atoms with Crippen LogP contribution in [0, 0.1) is 34.5 Å². The molecule has 0 spiro atoms. The van der Waals surface area contributed by atoms with Gasteiger partial charge in [0.1, 0.15) is 0 Å². The van der Waals surface area contributed by atoms with Crippen molar-refractivity contribution in [1.82, 2.24) is 0 Å². The Morgan fingerprint density at radius 2 is 2.05 bits per heavy atom. The van der Waals surface area contributed by atoms with E-state index in [1.807, 2.05) is 0 Å². The fourth-order valence-electron chi connectivity index (χ4n) is 5.99. The molecular formula is C19H27N. The van der Waals surface area contributed by atoms with E-state index in [9.17, 15) is 0 Å². The van der Waals surface area contributed by atoms with Crippen molar-refractivity contribution in [2.75, 3.05) is 0 Å². The minimum Gasteiger partial charge on any atom is -0.305 e. The lowest BCUT2D eigenvalue weighted by molar-refractivity contribution is 0.0397. The highest BCUT2D eigenvalue weighted by Gasteiger charge is 2.51. The molecule has 0 aromatic heterocycles. The lowest BCUT2D eigenvalue weighted by atomic mass is 9.53. The zero-order chi connectivity index (χ0) is 13.9. The van der Waals surface area contributed by atoms with Crippen LogP contribution < -0.4 is 0 Å². The number of allylic oxidation sites excluding steroid dienone is 4. The molecule has 0 radical (unpaired) electrons. The van der Waals surface area contributed by atoms with Crippen LogP contribution in [0.4, 0.5) is 0 Å². The van der Waals surface area contributed by atoms with E-state index in [1.54, 1.807) is 0 Å². The molecule has 1 nitrogen and oxygen atoms in total. The topological polar surface area (TPSA) is 23.9 Å². The van der Waals surface area contributed by atoms with Crippen LogP contribution in [-0.4, -0.2) is 5.71 Å². The first-order chi connectivity index (χ1) is 9.58. The first kappa shape index (κ1) is 12.9. The molecule has 4 aliphatic rings. The lowest BCUT2D eigenvalue weighted by Crippen LogP contribution is -2.43. The smallest absolute Gasteiger partial charge is 0.0317 e. The Labute approximate surface area is 123 Å². The van der Waals surface area contributed by atoms with Gasteiger partial charge in [-0.2, -0.15) is 0 Å². The van der Waals surface area contributed by atoms with Gasteiger partial charge in [0.25, 0.3) is 0 Å². The molecule has 0 aromatic carbocycles. The summed E-state index contributed by atoms with van der Waals surface area (Å²) in [5.74, 6) is 3.43. The second-order valence-corrected chi connectivity index (χ2v) is 8.05. The molecule has 5 atom stereocenters. The van der Waals surface area contributed by atoms with Crippen molar-refractivity contribution < 1.29 is 0 Å². The number of hydrogen-bond acceptors (Lipinski definition) is 1. The molecule has 0 aromatic rings. The maximum atomic E-state index is 7.98. The van der Waals surface area contributed by atoms with Crippen LogP contribution in [0.2, 0.25) is 0 Å². The van der Waals surface area contributed by atoms with E-state index in [0.29, 0.717) is 5.41 Å². The van der Waals surface area contributed by atoms with E-state index in [2.05, 4.69) is 26.0 Å². The summed E-state index contributed by atoms with van der Waals surface area (Å²) in [6.07, 6.45) is 14.3. The molecule has 4 rings (SSSR count). The molecule has 0 heterocycles. The van der Waals surface area contributed by atoms with Gasteiger partial charge in [0.05, 0.1) is 0 Å². The highest BCUT2D eigenvalue weighted by atomic mass is 14.6. The molecule has 0 amide bonds. The van der Waals surface area contributed by atoms with Gasteiger partial charge in [0.2, 0.25) is 0 Å². The Bertz CT molecular complexity index is 512. The van der Waals surface area contributed by atoms with E-state index in [0.717, 1.165) is 35.8 Å². The van der Waals surface area contributed by atoms with Crippen molar-refractivity contribution in [2.24, 2.45) is 29.1 Å². The van der Waals surface area contributed by atoms with Crippen molar-refractivity contribution in [1.29, 1.82) is 5.41 Å². The fraction of sp³-hybridized carbons (Fsp3) is 0.737. The van der Waals surface area contributed by atoms with E-state index < -0.39 is 0 Å².